The first-order valence-corrected chi connectivity index (χ1v) is 8.11. The zero-order valence-corrected chi connectivity index (χ0v) is 13.8. The van der Waals surface area contributed by atoms with E-state index >= 15 is 0 Å². The summed E-state index contributed by atoms with van der Waals surface area (Å²) in [6.45, 7) is 0.856. The first-order valence-electron chi connectivity index (χ1n) is 8.11. The monoisotopic (exact) mass is 364 g/mol. The first-order chi connectivity index (χ1) is 12.3. The third kappa shape index (κ3) is 2.38. The fourth-order valence-electron chi connectivity index (χ4n) is 3.61. The van der Waals surface area contributed by atoms with Gasteiger partial charge in [0.15, 0.2) is 5.69 Å². The lowest BCUT2D eigenvalue weighted by Crippen LogP contribution is -2.49. The number of carbonyl (C=O) groups is 2. The lowest BCUT2D eigenvalue weighted by molar-refractivity contribution is -0.141. The summed E-state index contributed by atoms with van der Waals surface area (Å²) in [4.78, 5) is 28.6. The molecule has 2 aliphatic heterocycles. The average molecular weight is 364 g/mol. The number of fused-ring (bicyclic) bond motifs is 3. The minimum Gasteiger partial charge on any atom is -0.314 e. The summed E-state index contributed by atoms with van der Waals surface area (Å²) >= 11 is 0. The SMILES string of the molecule is Cn1nc(C(F)(F)F)cc1C(=O)N1CCCN2C(=O)c3ccccc3C21. The molecule has 0 radical (unpaired) electrons. The number of hydrogen-bond donors (Lipinski definition) is 0. The summed E-state index contributed by atoms with van der Waals surface area (Å²) in [5, 5.41) is 3.41. The summed E-state index contributed by atoms with van der Waals surface area (Å²) in [5.74, 6) is -0.737. The number of amides is 2. The minimum atomic E-state index is -4.62. The van der Waals surface area contributed by atoms with Gasteiger partial charge in [-0.3, -0.25) is 14.3 Å². The van der Waals surface area contributed by atoms with E-state index in [1.165, 1.54) is 11.9 Å². The molecule has 2 amide bonds. The number of aryl methyl sites for hydroxylation is 1. The van der Waals surface area contributed by atoms with E-state index in [9.17, 15) is 22.8 Å². The van der Waals surface area contributed by atoms with Crippen molar-refractivity contribution in [1.82, 2.24) is 19.6 Å². The van der Waals surface area contributed by atoms with Crippen LogP contribution in [-0.4, -0.2) is 44.5 Å². The van der Waals surface area contributed by atoms with Crippen molar-refractivity contribution in [1.29, 1.82) is 0 Å². The van der Waals surface area contributed by atoms with Crippen LogP contribution in [0.3, 0.4) is 0 Å². The van der Waals surface area contributed by atoms with Crippen LogP contribution >= 0.6 is 0 Å². The molecule has 0 bridgehead atoms. The molecule has 3 heterocycles. The van der Waals surface area contributed by atoms with Gasteiger partial charge in [-0.2, -0.15) is 18.3 Å². The molecule has 9 heteroatoms. The maximum atomic E-state index is 13.0. The highest BCUT2D eigenvalue weighted by molar-refractivity contribution is 6.01. The van der Waals surface area contributed by atoms with Gasteiger partial charge in [-0.15, -0.1) is 0 Å². The van der Waals surface area contributed by atoms with Gasteiger partial charge in [0.2, 0.25) is 0 Å². The van der Waals surface area contributed by atoms with Crippen LogP contribution in [0.4, 0.5) is 13.2 Å². The van der Waals surface area contributed by atoms with E-state index in [2.05, 4.69) is 5.10 Å². The zero-order valence-electron chi connectivity index (χ0n) is 13.8. The van der Waals surface area contributed by atoms with Gasteiger partial charge in [-0.25, -0.2) is 0 Å². The lowest BCUT2D eigenvalue weighted by atomic mass is 10.1. The smallest absolute Gasteiger partial charge is 0.314 e. The molecule has 26 heavy (non-hydrogen) atoms. The predicted molar refractivity (Wildman–Crippen MR) is 84.1 cm³/mol. The Bertz CT molecular complexity index is 906. The molecule has 1 fully saturated rings. The van der Waals surface area contributed by atoms with E-state index in [4.69, 9.17) is 0 Å². The Morgan fingerprint density at radius 2 is 1.96 bits per heavy atom. The van der Waals surface area contributed by atoms with Gasteiger partial charge in [-0.1, -0.05) is 18.2 Å². The van der Waals surface area contributed by atoms with E-state index in [0.29, 0.717) is 30.6 Å². The highest BCUT2D eigenvalue weighted by atomic mass is 19.4. The molecule has 1 saturated heterocycles. The van der Waals surface area contributed by atoms with Crippen molar-refractivity contribution in [3.05, 3.63) is 52.8 Å². The fraction of sp³-hybridized carbons (Fsp3) is 0.353. The van der Waals surface area contributed by atoms with Crippen molar-refractivity contribution < 1.29 is 22.8 Å². The molecule has 4 rings (SSSR count). The molecule has 2 aromatic rings. The van der Waals surface area contributed by atoms with Crippen molar-refractivity contribution in [2.24, 2.45) is 7.05 Å². The van der Waals surface area contributed by atoms with Crippen LogP contribution in [0, 0.1) is 0 Å². The number of carbonyl (C=O) groups excluding carboxylic acids is 2. The second kappa shape index (κ2) is 5.58. The van der Waals surface area contributed by atoms with Gasteiger partial charge < -0.3 is 9.80 Å². The first kappa shape index (κ1) is 16.6. The van der Waals surface area contributed by atoms with Crippen LogP contribution in [-0.2, 0) is 13.2 Å². The van der Waals surface area contributed by atoms with Crippen molar-refractivity contribution in [3.63, 3.8) is 0 Å². The second-order valence-corrected chi connectivity index (χ2v) is 6.35. The summed E-state index contributed by atoms with van der Waals surface area (Å²) in [6.07, 6.45) is -4.66. The number of halogens is 3. The molecule has 2 aliphatic rings. The van der Waals surface area contributed by atoms with E-state index in [-0.39, 0.29) is 11.6 Å². The molecule has 0 saturated carbocycles. The normalized spacial score (nSPS) is 19.5. The highest BCUT2D eigenvalue weighted by Gasteiger charge is 2.45. The summed E-state index contributed by atoms with van der Waals surface area (Å²) in [5.41, 5.74) is -0.0435. The molecule has 1 aromatic carbocycles. The molecular formula is C17H15F3N4O2. The van der Waals surface area contributed by atoms with Gasteiger partial charge >= 0.3 is 6.18 Å². The third-order valence-corrected chi connectivity index (χ3v) is 4.77. The average Bonchev–Trinajstić information content (AvgIpc) is 3.14. The van der Waals surface area contributed by atoms with E-state index in [0.717, 1.165) is 10.7 Å². The van der Waals surface area contributed by atoms with Crippen molar-refractivity contribution in [2.45, 2.75) is 18.8 Å². The highest BCUT2D eigenvalue weighted by Crippen LogP contribution is 2.39. The Hall–Kier alpha value is -2.84. The van der Waals surface area contributed by atoms with Crippen molar-refractivity contribution >= 4 is 11.8 Å². The predicted octanol–water partition coefficient (Wildman–Crippen LogP) is 2.44. The number of aromatic nitrogens is 2. The molecule has 1 aromatic heterocycles. The maximum Gasteiger partial charge on any atom is 0.435 e. The van der Waals surface area contributed by atoms with Crippen LogP contribution in [0.2, 0.25) is 0 Å². The Morgan fingerprint density at radius 3 is 2.65 bits per heavy atom. The van der Waals surface area contributed by atoms with E-state index < -0.39 is 23.9 Å². The molecule has 0 N–H and O–H groups in total. The van der Waals surface area contributed by atoms with Crippen LogP contribution < -0.4 is 0 Å². The summed E-state index contributed by atoms with van der Waals surface area (Å²) in [7, 11) is 1.30. The van der Waals surface area contributed by atoms with Crippen LogP contribution in [0.1, 0.15) is 44.7 Å². The topological polar surface area (TPSA) is 58.4 Å². The fourth-order valence-corrected chi connectivity index (χ4v) is 3.61. The standard InChI is InChI=1S/C17H15F3N4O2/c1-22-12(9-13(21-22)17(18,19)20)16(26)24-8-4-7-23-14(24)10-5-2-3-6-11(10)15(23)25/h2-3,5-6,9,14H,4,7-8H2,1H3. The van der Waals surface area contributed by atoms with E-state index in [1.54, 1.807) is 29.2 Å². The number of alkyl halides is 3. The number of rotatable bonds is 1. The molecule has 1 unspecified atom stereocenters. The number of hydrogen-bond acceptors (Lipinski definition) is 3. The number of benzene rings is 1. The largest absolute Gasteiger partial charge is 0.435 e. The summed E-state index contributed by atoms with van der Waals surface area (Å²) in [6, 6.07) is 7.75. The Balaban J connectivity index is 1.73. The van der Waals surface area contributed by atoms with Gasteiger partial charge in [0.25, 0.3) is 11.8 Å². The third-order valence-electron chi connectivity index (χ3n) is 4.77. The van der Waals surface area contributed by atoms with Crippen LogP contribution in [0.5, 0.6) is 0 Å². The Morgan fingerprint density at radius 1 is 1.23 bits per heavy atom. The molecule has 0 aliphatic carbocycles. The van der Waals surface area contributed by atoms with Gasteiger partial charge in [-0.05, 0) is 12.5 Å². The van der Waals surface area contributed by atoms with Crippen molar-refractivity contribution in [3.8, 4) is 0 Å². The van der Waals surface area contributed by atoms with Gasteiger partial charge in [0, 0.05) is 37.3 Å². The molecule has 1 atom stereocenters. The quantitative estimate of drug-likeness (QED) is 0.781. The molecule has 0 spiro atoms. The van der Waals surface area contributed by atoms with Crippen molar-refractivity contribution in [2.75, 3.05) is 13.1 Å². The molecule has 136 valence electrons. The van der Waals surface area contributed by atoms with Gasteiger partial charge in [0.05, 0.1) is 0 Å². The maximum absolute atomic E-state index is 13.0. The molecular weight excluding hydrogens is 349 g/mol. The Kier molecular flexibility index (Phi) is 3.57. The van der Waals surface area contributed by atoms with E-state index in [1.807, 2.05) is 0 Å². The Labute approximate surface area is 146 Å². The molecule has 6 nitrogen and oxygen atoms in total. The number of nitrogens with zero attached hydrogens (tertiary/aromatic N) is 4. The van der Waals surface area contributed by atoms with Crippen LogP contribution in [0.25, 0.3) is 0 Å². The zero-order chi connectivity index (χ0) is 18.6. The lowest BCUT2D eigenvalue weighted by Gasteiger charge is -2.40. The second-order valence-electron chi connectivity index (χ2n) is 6.35. The summed E-state index contributed by atoms with van der Waals surface area (Å²) < 4.78 is 39.6. The van der Waals surface area contributed by atoms with Gasteiger partial charge in [0.1, 0.15) is 11.9 Å². The van der Waals surface area contributed by atoms with Crippen LogP contribution in [0.15, 0.2) is 30.3 Å². The minimum absolute atomic E-state index is 0.156.